The van der Waals surface area contributed by atoms with Crippen molar-refractivity contribution in [3.05, 3.63) is 23.7 Å². The molecule has 0 aliphatic carbocycles. The summed E-state index contributed by atoms with van der Waals surface area (Å²) in [6.07, 6.45) is 1.10. The van der Waals surface area contributed by atoms with Crippen LogP contribution in [0.25, 0.3) is 0 Å². The maximum absolute atomic E-state index is 11.8. The van der Waals surface area contributed by atoms with E-state index < -0.39 is 0 Å². The third kappa shape index (κ3) is 4.16. The summed E-state index contributed by atoms with van der Waals surface area (Å²) in [5.41, 5.74) is 0. The molecule has 2 rings (SSSR count). The Morgan fingerprint density at radius 1 is 1.44 bits per heavy atom. The van der Waals surface area contributed by atoms with E-state index in [4.69, 9.17) is 4.42 Å². The van der Waals surface area contributed by atoms with Gasteiger partial charge in [-0.2, -0.15) is 0 Å². The summed E-state index contributed by atoms with van der Waals surface area (Å²) in [5.74, 6) is 1.74. The van der Waals surface area contributed by atoms with Gasteiger partial charge >= 0.3 is 0 Å². The first-order chi connectivity index (χ1) is 8.74. The van der Waals surface area contributed by atoms with Crippen LogP contribution in [0, 0.1) is 6.92 Å². The Kier molecular flexibility index (Phi) is 4.78. The molecule has 0 aromatic carbocycles. The van der Waals surface area contributed by atoms with Gasteiger partial charge in [0.15, 0.2) is 0 Å². The minimum atomic E-state index is 0.0611. The molecular weight excluding hydrogens is 230 g/mol. The molecule has 0 unspecified atom stereocenters. The summed E-state index contributed by atoms with van der Waals surface area (Å²) in [5, 5.41) is 6.21. The molecule has 1 amide bonds. The number of rotatable bonds is 4. The van der Waals surface area contributed by atoms with Crippen molar-refractivity contribution < 1.29 is 9.21 Å². The second-order valence-electron chi connectivity index (χ2n) is 4.67. The van der Waals surface area contributed by atoms with Crippen LogP contribution in [-0.4, -0.2) is 43.5 Å². The minimum absolute atomic E-state index is 0.0611. The zero-order valence-corrected chi connectivity index (χ0v) is 10.9. The van der Waals surface area contributed by atoms with E-state index in [1.54, 1.807) is 0 Å². The zero-order valence-electron chi connectivity index (χ0n) is 10.9. The minimum Gasteiger partial charge on any atom is -0.465 e. The molecule has 1 aliphatic heterocycles. The van der Waals surface area contributed by atoms with E-state index in [0.29, 0.717) is 13.1 Å². The van der Waals surface area contributed by atoms with Crippen molar-refractivity contribution in [1.29, 1.82) is 0 Å². The highest BCUT2D eigenvalue weighted by Crippen LogP contribution is 2.05. The highest BCUT2D eigenvalue weighted by molar-refractivity contribution is 5.77. The van der Waals surface area contributed by atoms with Crippen LogP contribution in [0.1, 0.15) is 17.9 Å². The monoisotopic (exact) mass is 251 g/mol. The number of hydrogen-bond acceptors (Lipinski definition) is 4. The molecular formula is C13H21N3O2. The fraction of sp³-hybridized carbons (Fsp3) is 0.615. The van der Waals surface area contributed by atoms with Gasteiger partial charge in [-0.25, -0.2) is 0 Å². The number of furan rings is 1. The summed E-state index contributed by atoms with van der Waals surface area (Å²) in [6.45, 7) is 6.78. The van der Waals surface area contributed by atoms with Crippen molar-refractivity contribution in [1.82, 2.24) is 15.5 Å². The van der Waals surface area contributed by atoms with Crippen molar-refractivity contribution >= 4 is 5.91 Å². The average Bonchev–Trinajstić information content (AvgIpc) is 2.60. The molecule has 5 heteroatoms. The van der Waals surface area contributed by atoms with Crippen LogP contribution in [0.2, 0.25) is 0 Å². The molecule has 0 bridgehead atoms. The summed E-state index contributed by atoms with van der Waals surface area (Å²) in [6, 6.07) is 3.80. The molecule has 0 radical (unpaired) electrons. The van der Waals surface area contributed by atoms with Gasteiger partial charge in [0.1, 0.15) is 11.5 Å². The molecule has 1 saturated heterocycles. The molecule has 18 heavy (non-hydrogen) atoms. The Labute approximate surface area is 108 Å². The van der Waals surface area contributed by atoms with Gasteiger partial charge in [0.25, 0.3) is 0 Å². The number of amides is 1. The summed E-state index contributed by atoms with van der Waals surface area (Å²) < 4.78 is 5.41. The quantitative estimate of drug-likeness (QED) is 0.818. The van der Waals surface area contributed by atoms with Gasteiger partial charge in [0, 0.05) is 13.1 Å². The maximum Gasteiger partial charge on any atom is 0.234 e. The molecule has 1 fully saturated rings. The van der Waals surface area contributed by atoms with Crippen LogP contribution in [-0.2, 0) is 11.3 Å². The summed E-state index contributed by atoms with van der Waals surface area (Å²) >= 11 is 0. The van der Waals surface area contributed by atoms with Crippen molar-refractivity contribution in [2.75, 3.05) is 32.7 Å². The molecule has 1 aromatic rings. The Hall–Kier alpha value is -1.33. The fourth-order valence-electron chi connectivity index (χ4n) is 2.08. The first kappa shape index (κ1) is 13.1. The van der Waals surface area contributed by atoms with Crippen LogP contribution in [0.3, 0.4) is 0 Å². The van der Waals surface area contributed by atoms with Gasteiger partial charge in [-0.15, -0.1) is 0 Å². The molecule has 0 atom stereocenters. The number of hydrogen-bond donors (Lipinski definition) is 2. The van der Waals surface area contributed by atoms with Gasteiger partial charge < -0.3 is 15.1 Å². The third-order valence-corrected chi connectivity index (χ3v) is 3.06. The Morgan fingerprint density at radius 2 is 2.33 bits per heavy atom. The molecule has 1 aromatic heterocycles. The third-order valence-electron chi connectivity index (χ3n) is 3.06. The number of nitrogens with zero attached hydrogens (tertiary/aromatic N) is 1. The van der Waals surface area contributed by atoms with Gasteiger partial charge in [0.2, 0.25) is 5.91 Å². The van der Waals surface area contributed by atoms with Crippen molar-refractivity contribution in [2.24, 2.45) is 0 Å². The van der Waals surface area contributed by atoms with Gasteiger partial charge in [-0.05, 0) is 38.6 Å². The first-order valence-electron chi connectivity index (χ1n) is 6.49. The average molecular weight is 251 g/mol. The Balaban J connectivity index is 1.71. The SMILES string of the molecule is Cc1ccc(CNC(=O)CN2CCCNCC2)o1. The van der Waals surface area contributed by atoms with Gasteiger partial charge in [-0.3, -0.25) is 9.69 Å². The Bertz CT molecular complexity index is 381. The van der Waals surface area contributed by atoms with E-state index in [1.165, 1.54) is 0 Å². The van der Waals surface area contributed by atoms with Crippen LogP contribution in [0.15, 0.2) is 16.5 Å². The van der Waals surface area contributed by atoms with E-state index in [2.05, 4.69) is 15.5 Å². The van der Waals surface area contributed by atoms with Crippen molar-refractivity contribution in [3.63, 3.8) is 0 Å². The van der Waals surface area contributed by atoms with E-state index in [1.807, 2.05) is 19.1 Å². The van der Waals surface area contributed by atoms with Crippen LogP contribution in [0.4, 0.5) is 0 Å². The van der Waals surface area contributed by atoms with E-state index in [0.717, 1.165) is 44.1 Å². The normalized spacial score (nSPS) is 17.4. The number of carbonyl (C=O) groups is 1. The molecule has 2 N–H and O–H groups in total. The second-order valence-corrected chi connectivity index (χ2v) is 4.67. The lowest BCUT2D eigenvalue weighted by Crippen LogP contribution is -2.38. The van der Waals surface area contributed by atoms with Crippen LogP contribution in [0.5, 0.6) is 0 Å². The second kappa shape index (κ2) is 6.56. The smallest absolute Gasteiger partial charge is 0.234 e. The number of aryl methyl sites for hydroxylation is 1. The lowest BCUT2D eigenvalue weighted by atomic mass is 10.3. The van der Waals surface area contributed by atoms with Gasteiger partial charge in [-0.1, -0.05) is 0 Å². The van der Waals surface area contributed by atoms with Crippen molar-refractivity contribution in [2.45, 2.75) is 19.9 Å². The Morgan fingerprint density at radius 3 is 3.11 bits per heavy atom. The van der Waals surface area contributed by atoms with Gasteiger partial charge in [0.05, 0.1) is 13.1 Å². The predicted molar refractivity (Wildman–Crippen MR) is 69.2 cm³/mol. The summed E-state index contributed by atoms with van der Waals surface area (Å²) in [4.78, 5) is 14.0. The van der Waals surface area contributed by atoms with E-state index >= 15 is 0 Å². The summed E-state index contributed by atoms with van der Waals surface area (Å²) in [7, 11) is 0. The topological polar surface area (TPSA) is 57.5 Å². The zero-order chi connectivity index (χ0) is 12.8. The number of carbonyl (C=O) groups excluding carboxylic acids is 1. The van der Waals surface area contributed by atoms with Crippen molar-refractivity contribution in [3.8, 4) is 0 Å². The molecule has 5 nitrogen and oxygen atoms in total. The maximum atomic E-state index is 11.8. The largest absolute Gasteiger partial charge is 0.465 e. The highest BCUT2D eigenvalue weighted by Gasteiger charge is 2.12. The lowest BCUT2D eigenvalue weighted by Gasteiger charge is -2.18. The highest BCUT2D eigenvalue weighted by atomic mass is 16.3. The molecule has 0 spiro atoms. The first-order valence-corrected chi connectivity index (χ1v) is 6.49. The molecule has 0 saturated carbocycles. The molecule has 100 valence electrons. The van der Waals surface area contributed by atoms with Crippen LogP contribution >= 0.6 is 0 Å². The molecule has 2 heterocycles. The van der Waals surface area contributed by atoms with E-state index in [9.17, 15) is 4.79 Å². The van der Waals surface area contributed by atoms with E-state index in [-0.39, 0.29) is 5.91 Å². The standard InChI is InChI=1S/C13H21N3O2/c1-11-3-4-12(18-11)9-15-13(17)10-16-7-2-5-14-6-8-16/h3-4,14H,2,5-10H2,1H3,(H,15,17). The fourth-order valence-corrected chi connectivity index (χ4v) is 2.08. The molecule has 1 aliphatic rings. The number of nitrogens with one attached hydrogen (secondary N) is 2. The predicted octanol–water partition coefficient (Wildman–Crippen LogP) is 0.500. The lowest BCUT2D eigenvalue weighted by molar-refractivity contribution is -0.122. The van der Waals surface area contributed by atoms with Crippen LogP contribution < -0.4 is 10.6 Å².